The zero-order chi connectivity index (χ0) is 24.9. The fourth-order valence-electron chi connectivity index (χ4n) is 4.28. The number of phenols is 3. The number of rotatable bonds is 4. The van der Waals surface area contributed by atoms with Crippen LogP contribution in [0.15, 0.2) is 48.5 Å². The van der Waals surface area contributed by atoms with Crippen molar-refractivity contribution >= 4 is 5.78 Å². The number of aliphatic hydroxyl groups excluding tert-OH is 2. The van der Waals surface area contributed by atoms with E-state index in [9.17, 15) is 30.3 Å². The SMILES string of the molecule is COc1cc([C@@H]2Oc3ccc([C@@H]4Oc5cc(O)cc(O)c5C(=O)[C@H]4O)cc3O[C@@H]2CO)ccc1O. The van der Waals surface area contributed by atoms with Gasteiger partial charge in [0.05, 0.1) is 13.7 Å². The number of phenolic OH excluding ortho intramolecular Hbond substituents is 3. The van der Waals surface area contributed by atoms with Crippen molar-refractivity contribution in [3.8, 4) is 40.2 Å². The Bertz CT molecular complexity index is 1300. The van der Waals surface area contributed by atoms with Gasteiger partial charge in [-0.3, -0.25) is 4.79 Å². The highest BCUT2D eigenvalue weighted by Gasteiger charge is 2.40. The Balaban J connectivity index is 1.46. The topological polar surface area (TPSA) is 155 Å². The fraction of sp³-hybridized carbons (Fsp3) is 0.240. The summed E-state index contributed by atoms with van der Waals surface area (Å²) >= 11 is 0. The third kappa shape index (κ3) is 3.82. The van der Waals surface area contributed by atoms with Gasteiger partial charge in [0, 0.05) is 17.7 Å². The number of ether oxygens (including phenoxy) is 4. The van der Waals surface area contributed by atoms with Crippen molar-refractivity contribution in [2.75, 3.05) is 13.7 Å². The predicted octanol–water partition coefficient (Wildman–Crippen LogP) is 2.36. The Labute approximate surface area is 199 Å². The highest BCUT2D eigenvalue weighted by atomic mass is 16.6. The molecule has 5 rings (SSSR count). The molecule has 4 atom stereocenters. The number of benzene rings is 3. The Morgan fingerprint density at radius 2 is 1.54 bits per heavy atom. The minimum absolute atomic E-state index is 0.0395. The molecule has 0 aromatic heterocycles. The number of carbonyl (C=O) groups is 1. The number of Topliss-reactive ketones (excluding diaryl/α,β-unsaturated/α-hetero) is 1. The van der Waals surface area contributed by atoms with Crippen LogP contribution in [0.25, 0.3) is 0 Å². The van der Waals surface area contributed by atoms with Crippen molar-refractivity contribution < 1.29 is 49.3 Å². The quantitative estimate of drug-likeness (QED) is 0.374. The van der Waals surface area contributed by atoms with Crippen molar-refractivity contribution in [2.24, 2.45) is 0 Å². The molecule has 10 nitrogen and oxygen atoms in total. The molecule has 35 heavy (non-hydrogen) atoms. The summed E-state index contributed by atoms with van der Waals surface area (Å²) in [5.74, 6) is -0.789. The molecule has 0 aliphatic carbocycles. The molecular weight excluding hydrogens is 460 g/mol. The average molecular weight is 482 g/mol. The fourth-order valence-corrected chi connectivity index (χ4v) is 4.28. The number of methoxy groups -OCH3 is 1. The van der Waals surface area contributed by atoms with E-state index in [-0.39, 0.29) is 40.9 Å². The molecule has 3 aromatic carbocycles. The monoisotopic (exact) mass is 482 g/mol. The van der Waals surface area contributed by atoms with E-state index in [1.54, 1.807) is 24.3 Å². The first-order valence-electron chi connectivity index (χ1n) is 10.7. The van der Waals surface area contributed by atoms with Crippen LogP contribution in [0.5, 0.6) is 40.2 Å². The molecule has 0 fully saturated rings. The van der Waals surface area contributed by atoms with Gasteiger partial charge in [-0.25, -0.2) is 0 Å². The highest BCUT2D eigenvalue weighted by molar-refractivity contribution is 6.05. The maximum Gasteiger partial charge on any atom is 0.202 e. The number of hydrogen-bond acceptors (Lipinski definition) is 10. The second kappa shape index (κ2) is 8.57. The van der Waals surface area contributed by atoms with Gasteiger partial charge < -0.3 is 44.5 Å². The van der Waals surface area contributed by atoms with E-state index < -0.39 is 35.9 Å². The number of aromatic hydroxyl groups is 3. The van der Waals surface area contributed by atoms with Crippen LogP contribution in [0.3, 0.4) is 0 Å². The van der Waals surface area contributed by atoms with Crippen molar-refractivity contribution in [2.45, 2.75) is 24.4 Å². The molecule has 0 amide bonds. The summed E-state index contributed by atoms with van der Waals surface area (Å²) in [4.78, 5) is 12.7. The molecular formula is C25H22O10. The van der Waals surface area contributed by atoms with Gasteiger partial charge in [-0.15, -0.1) is 0 Å². The highest BCUT2D eigenvalue weighted by Crippen LogP contribution is 2.45. The predicted molar refractivity (Wildman–Crippen MR) is 119 cm³/mol. The zero-order valence-electron chi connectivity index (χ0n) is 18.4. The van der Waals surface area contributed by atoms with Crippen LogP contribution in [0.1, 0.15) is 33.7 Å². The molecule has 3 aromatic rings. The molecule has 0 saturated carbocycles. The molecule has 2 heterocycles. The lowest BCUT2D eigenvalue weighted by Crippen LogP contribution is -2.37. The van der Waals surface area contributed by atoms with Crippen molar-refractivity contribution in [3.05, 3.63) is 65.2 Å². The van der Waals surface area contributed by atoms with Crippen molar-refractivity contribution in [1.82, 2.24) is 0 Å². The summed E-state index contributed by atoms with van der Waals surface area (Å²) in [7, 11) is 1.42. The smallest absolute Gasteiger partial charge is 0.202 e. The summed E-state index contributed by atoms with van der Waals surface area (Å²) < 4.78 is 23.0. The molecule has 5 N–H and O–H groups in total. The first kappa shape index (κ1) is 22.6. The van der Waals surface area contributed by atoms with Gasteiger partial charge in [0.25, 0.3) is 0 Å². The average Bonchev–Trinajstić information content (AvgIpc) is 2.85. The second-order valence-electron chi connectivity index (χ2n) is 8.20. The lowest BCUT2D eigenvalue weighted by Gasteiger charge is -2.35. The minimum atomic E-state index is -1.62. The number of hydrogen-bond donors (Lipinski definition) is 5. The summed E-state index contributed by atoms with van der Waals surface area (Å²) in [5.41, 5.74) is 0.779. The normalized spacial score (nSPS) is 22.8. The van der Waals surface area contributed by atoms with Crippen LogP contribution in [0.4, 0.5) is 0 Å². The Hall–Kier alpha value is -4.15. The minimum Gasteiger partial charge on any atom is -0.508 e. The zero-order valence-corrected chi connectivity index (χ0v) is 18.4. The van der Waals surface area contributed by atoms with E-state index >= 15 is 0 Å². The summed E-state index contributed by atoms with van der Waals surface area (Å²) in [6, 6.07) is 11.6. The van der Waals surface area contributed by atoms with Gasteiger partial charge in [-0.1, -0.05) is 12.1 Å². The van der Waals surface area contributed by atoms with Gasteiger partial charge in [0.15, 0.2) is 47.4 Å². The molecule has 0 saturated heterocycles. The Morgan fingerprint density at radius 3 is 2.29 bits per heavy atom. The largest absolute Gasteiger partial charge is 0.508 e. The molecule has 182 valence electrons. The number of aliphatic hydroxyl groups is 2. The standard InChI is InChI=1S/C25H22O10/c1-32-17-6-11(2-4-14(17)28)24-20(10-26)33-18-7-12(3-5-16(18)34-24)25-23(31)22(30)21-15(29)8-13(27)9-19(21)35-25/h2-9,20,23-29,31H,10H2,1H3/t20-,23-,24+,25+/m1/s1. The van der Waals surface area contributed by atoms with E-state index in [2.05, 4.69) is 0 Å². The van der Waals surface area contributed by atoms with E-state index in [1.165, 1.54) is 25.3 Å². The van der Waals surface area contributed by atoms with E-state index in [0.717, 1.165) is 6.07 Å². The molecule has 0 radical (unpaired) electrons. The first-order chi connectivity index (χ1) is 16.8. The summed E-state index contributed by atoms with van der Waals surface area (Å²) in [5, 5.41) is 50.2. The summed E-state index contributed by atoms with van der Waals surface area (Å²) in [6.45, 7) is -0.384. The van der Waals surface area contributed by atoms with Crippen LogP contribution in [-0.2, 0) is 0 Å². The van der Waals surface area contributed by atoms with Crippen LogP contribution in [0.2, 0.25) is 0 Å². The van der Waals surface area contributed by atoms with Gasteiger partial charge in [-0.2, -0.15) is 0 Å². The Kier molecular flexibility index (Phi) is 5.54. The van der Waals surface area contributed by atoms with E-state index in [4.69, 9.17) is 18.9 Å². The van der Waals surface area contributed by atoms with E-state index in [1.807, 2.05) is 0 Å². The van der Waals surface area contributed by atoms with Crippen LogP contribution in [0, 0.1) is 0 Å². The molecule has 10 heteroatoms. The molecule has 0 bridgehead atoms. The molecule has 2 aliphatic rings. The number of ketones is 1. The van der Waals surface area contributed by atoms with Gasteiger partial charge in [-0.05, 0) is 29.8 Å². The second-order valence-corrected chi connectivity index (χ2v) is 8.20. The van der Waals surface area contributed by atoms with Crippen LogP contribution >= 0.6 is 0 Å². The van der Waals surface area contributed by atoms with Crippen LogP contribution < -0.4 is 18.9 Å². The maximum atomic E-state index is 12.7. The third-order valence-corrected chi connectivity index (χ3v) is 6.00. The van der Waals surface area contributed by atoms with Gasteiger partial charge >= 0.3 is 0 Å². The molecule has 0 spiro atoms. The number of carbonyl (C=O) groups excluding carboxylic acids is 1. The van der Waals surface area contributed by atoms with E-state index in [0.29, 0.717) is 16.9 Å². The maximum absolute atomic E-state index is 12.7. The van der Waals surface area contributed by atoms with Crippen molar-refractivity contribution in [1.29, 1.82) is 0 Å². The lowest BCUT2D eigenvalue weighted by atomic mass is 9.92. The molecule has 0 unspecified atom stereocenters. The number of fused-ring (bicyclic) bond motifs is 2. The third-order valence-electron chi connectivity index (χ3n) is 6.00. The first-order valence-corrected chi connectivity index (χ1v) is 10.7. The van der Waals surface area contributed by atoms with Gasteiger partial charge in [0.1, 0.15) is 22.8 Å². The van der Waals surface area contributed by atoms with Crippen molar-refractivity contribution in [3.63, 3.8) is 0 Å². The summed E-state index contributed by atoms with van der Waals surface area (Å²) in [6.07, 6.45) is -4.27. The Morgan fingerprint density at radius 1 is 0.829 bits per heavy atom. The van der Waals surface area contributed by atoms with Gasteiger partial charge in [0.2, 0.25) is 5.78 Å². The van der Waals surface area contributed by atoms with Crippen LogP contribution in [-0.4, -0.2) is 57.2 Å². The molecule has 2 aliphatic heterocycles. The lowest BCUT2D eigenvalue weighted by molar-refractivity contribution is -0.0130.